The molecule has 116 valence electrons. The number of carbonyl (C=O) groups is 1. The minimum atomic E-state index is -0.386. The lowest BCUT2D eigenvalue weighted by Crippen LogP contribution is -3.13. The summed E-state index contributed by atoms with van der Waals surface area (Å²) in [6, 6.07) is 5.57. The molecule has 1 atom stereocenters. The van der Waals surface area contributed by atoms with Crippen molar-refractivity contribution in [3.8, 4) is 5.75 Å². The van der Waals surface area contributed by atoms with Crippen molar-refractivity contribution in [3.05, 3.63) is 30.1 Å². The molecule has 21 heavy (non-hydrogen) atoms. The van der Waals surface area contributed by atoms with Crippen molar-refractivity contribution in [2.24, 2.45) is 0 Å². The van der Waals surface area contributed by atoms with Crippen LogP contribution in [0.2, 0.25) is 0 Å². The molecule has 1 N–H and O–H groups in total. The molecule has 0 unspecified atom stereocenters. The number of ether oxygens (including phenoxy) is 2. The zero-order chi connectivity index (χ0) is 15.1. The van der Waals surface area contributed by atoms with Crippen molar-refractivity contribution in [2.45, 2.75) is 32.3 Å². The number of nitrogens with one attached hydrogen (secondary N) is 1. The van der Waals surface area contributed by atoms with Gasteiger partial charge in [0.1, 0.15) is 24.2 Å². The molecule has 0 amide bonds. The normalized spacial score (nSPS) is 17.2. The monoisotopic (exact) mass is 296 g/mol. The average molecular weight is 296 g/mol. The SMILES string of the molecule is C[C@@H](C[NH+]1CCCCC1)OC(=O)COc1ccc(F)cc1. The summed E-state index contributed by atoms with van der Waals surface area (Å²) in [6.45, 7) is 4.94. The molecule has 1 aromatic rings. The van der Waals surface area contributed by atoms with Gasteiger partial charge in [-0.3, -0.25) is 0 Å². The van der Waals surface area contributed by atoms with E-state index >= 15 is 0 Å². The third-order valence-corrected chi connectivity index (χ3v) is 3.64. The van der Waals surface area contributed by atoms with Gasteiger partial charge >= 0.3 is 5.97 Å². The molecular weight excluding hydrogens is 273 g/mol. The molecule has 4 nitrogen and oxygen atoms in total. The second-order valence-corrected chi connectivity index (χ2v) is 5.56. The molecule has 1 aromatic carbocycles. The highest BCUT2D eigenvalue weighted by atomic mass is 19.1. The Balaban J connectivity index is 1.67. The minimum absolute atomic E-state index is 0.109. The van der Waals surface area contributed by atoms with Gasteiger partial charge in [0.25, 0.3) is 0 Å². The molecule has 1 saturated heterocycles. The van der Waals surface area contributed by atoms with E-state index in [9.17, 15) is 9.18 Å². The third kappa shape index (κ3) is 5.71. The number of benzene rings is 1. The molecule has 1 aliphatic heterocycles. The maximum Gasteiger partial charge on any atom is 0.344 e. The highest BCUT2D eigenvalue weighted by Gasteiger charge is 2.19. The van der Waals surface area contributed by atoms with Crippen LogP contribution >= 0.6 is 0 Å². The molecule has 0 bridgehead atoms. The van der Waals surface area contributed by atoms with Gasteiger partial charge in [0.15, 0.2) is 6.61 Å². The predicted molar refractivity (Wildman–Crippen MR) is 76.9 cm³/mol. The number of hydrogen-bond donors (Lipinski definition) is 1. The van der Waals surface area contributed by atoms with E-state index in [1.54, 1.807) is 0 Å². The molecular formula is C16H23FNO3+. The molecule has 0 radical (unpaired) electrons. The molecule has 5 heteroatoms. The smallest absolute Gasteiger partial charge is 0.344 e. The number of rotatable bonds is 6. The summed E-state index contributed by atoms with van der Waals surface area (Å²) in [6.07, 6.45) is 3.71. The Bertz CT molecular complexity index is 443. The Morgan fingerprint density at radius 2 is 1.90 bits per heavy atom. The highest BCUT2D eigenvalue weighted by molar-refractivity contribution is 5.71. The molecule has 0 aliphatic carbocycles. The first-order valence-electron chi connectivity index (χ1n) is 7.55. The Labute approximate surface area is 124 Å². The molecule has 0 spiro atoms. The molecule has 2 rings (SSSR count). The van der Waals surface area contributed by atoms with E-state index in [1.165, 1.54) is 48.4 Å². The van der Waals surface area contributed by atoms with Gasteiger partial charge in [-0.1, -0.05) is 0 Å². The van der Waals surface area contributed by atoms with Crippen molar-refractivity contribution in [3.63, 3.8) is 0 Å². The van der Waals surface area contributed by atoms with Crippen LogP contribution in [0.1, 0.15) is 26.2 Å². The number of likely N-dealkylation sites (tertiary alicyclic amines) is 1. The van der Waals surface area contributed by atoms with E-state index in [1.807, 2.05) is 6.92 Å². The molecule has 1 fully saturated rings. The lowest BCUT2D eigenvalue weighted by molar-refractivity contribution is -0.907. The molecule has 1 aliphatic rings. The van der Waals surface area contributed by atoms with Crippen LogP contribution in [0.25, 0.3) is 0 Å². The first-order valence-corrected chi connectivity index (χ1v) is 7.55. The summed E-state index contributed by atoms with van der Waals surface area (Å²) in [5, 5.41) is 0. The fourth-order valence-corrected chi connectivity index (χ4v) is 2.64. The van der Waals surface area contributed by atoms with E-state index in [4.69, 9.17) is 9.47 Å². The van der Waals surface area contributed by atoms with E-state index < -0.39 is 0 Å². The lowest BCUT2D eigenvalue weighted by atomic mass is 10.1. The maximum absolute atomic E-state index is 12.7. The largest absolute Gasteiger partial charge is 0.482 e. The van der Waals surface area contributed by atoms with Crippen LogP contribution < -0.4 is 9.64 Å². The summed E-state index contributed by atoms with van der Waals surface area (Å²) >= 11 is 0. The topological polar surface area (TPSA) is 40.0 Å². The van der Waals surface area contributed by atoms with Crippen LogP contribution in [-0.2, 0) is 9.53 Å². The number of halogens is 1. The van der Waals surface area contributed by atoms with Crippen LogP contribution in [0.5, 0.6) is 5.75 Å². The first kappa shape index (κ1) is 15.8. The van der Waals surface area contributed by atoms with Gasteiger partial charge in [-0.15, -0.1) is 0 Å². The number of quaternary nitrogens is 1. The van der Waals surface area contributed by atoms with Gasteiger partial charge in [0.2, 0.25) is 0 Å². The van der Waals surface area contributed by atoms with Gasteiger partial charge in [0, 0.05) is 0 Å². The Hall–Kier alpha value is -1.62. The summed E-state index contributed by atoms with van der Waals surface area (Å²) in [5.74, 6) is -0.256. The molecule has 0 aromatic heterocycles. The average Bonchev–Trinajstić information content (AvgIpc) is 2.47. The zero-order valence-corrected chi connectivity index (χ0v) is 12.4. The van der Waals surface area contributed by atoms with Crippen molar-refractivity contribution in [1.82, 2.24) is 0 Å². The van der Waals surface area contributed by atoms with Crippen molar-refractivity contribution >= 4 is 5.97 Å². The maximum atomic E-state index is 12.7. The summed E-state index contributed by atoms with van der Waals surface area (Å²) in [5.41, 5.74) is 0. The van der Waals surface area contributed by atoms with Crippen molar-refractivity contribution in [1.29, 1.82) is 0 Å². The fraction of sp³-hybridized carbons (Fsp3) is 0.562. The number of piperidine rings is 1. The second-order valence-electron chi connectivity index (χ2n) is 5.56. The van der Waals surface area contributed by atoms with Gasteiger partial charge < -0.3 is 14.4 Å². The van der Waals surface area contributed by atoms with Gasteiger partial charge in [0.05, 0.1) is 13.1 Å². The Morgan fingerprint density at radius 3 is 2.57 bits per heavy atom. The number of esters is 1. The summed E-state index contributed by atoms with van der Waals surface area (Å²) in [4.78, 5) is 13.2. The minimum Gasteiger partial charge on any atom is -0.482 e. The predicted octanol–water partition coefficient (Wildman–Crippen LogP) is 1.20. The van der Waals surface area contributed by atoms with Crippen LogP contribution in [0, 0.1) is 5.82 Å². The Kier molecular flexibility index (Phi) is 5.99. The molecule has 0 saturated carbocycles. The molecule has 1 heterocycles. The number of carbonyl (C=O) groups excluding carboxylic acids is 1. The summed E-state index contributed by atoms with van der Waals surface area (Å²) in [7, 11) is 0. The van der Waals surface area contributed by atoms with E-state index in [0.29, 0.717) is 5.75 Å². The number of hydrogen-bond acceptors (Lipinski definition) is 3. The van der Waals surface area contributed by atoms with Gasteiger partial charge in [-0.2, -0.15) is 0 Å². The van der Waals surface area contributed by atoms with Crippen LogP contribution in [0.3, 0.4) is 0 Å². The zero-order valence-electron chi connectivity index (χ0n) is 12.4. The van der Waals surface area contributed by atoms with E-state index in [0.717, 1.165) is 19.6 Å². The van der Waals surface area contributed by atoms with Crippen LogP contribution in [0.4, 0.5) is 4.39 Å². The van der Waals surface area contributed by atoms with Gasteiger partial charge in [-0.05, 0) is 50.5 Å². The van der Waals surface area contributed by atoms with E-state index in [-0.39, 0.29) is 24.5 Å². The van der Waals surface area contributed by atoms with Crippen LogP contribution in [-0.4, -0.2) is 38.3 Å². The summed E-state index contributed by atoms with van der Waals surface area (Å²) < 4.78 is 23.3. The van der Waals surface area contributed by atoms with Crippen molar-refractivity contribution < 1.29 is 23.6 Å². The fourth-order valence-electron chi connectivity index (χ4n) is 2.64. The highest BCUT2D eigenvalue weighted by Crippen LogP contribution is 2.10. The van der Waals surface area contributed by atoms with Crippen molar-refractivity contribution in [2.75, 3.05) is 26.2 Å². The van der Waals surface area contributed by atoms with E-state index in [2.05, 4.69) is 0 Å². The van der Waals surface area contributed by atoms with Crippen LogP contribution in [0.15, 0.2) is 24.3 Å². The Morgan fingerprint density at radius 1 is 1.24 bits per heavy atom. The van der Waals surface area contributed by atoms with Gasteiger partial charge in [-0.25, -0.2) is 9.18 Å². The first-order chi connectivity index (χ1) is 10.1. The quantitative estimate of drug-likeness (QED) is 0.802. The standard InChI is InChI=1S/C16H22FNO3/c1-13(11-18-9-3-2-4-10-18)21-16(19)12-20-15-7-5-14(17)6-8-15/h5-8,13H,2-4,9-12H2,1H3/p+1/t13-/m0/s1. The third-order valence-electron chi connectivity index (χ3n) is 3.64. The lowest BCUT2D eigenvalue weighted by Gasteiger charge is -2.26. The second kappa shape index (κ2) is 7.98.